The van der Waals surface area contributed by atoms with Gasteiger partial charge in [-0.2, -0.15) is 5.10 Å². The van der Waals surface area contributed by atoms with Crippen LogP contribution in [0.15, 0.2) is 10.7 Å². The first-order valence-electron chi connectivity index (χ1n) is 4.42. The van der Waals surface area contributed by atoms with Gasteiger partial charge in [-0.25, -0.2) is 0 Å². The molecule has 4 nitrogen and oxygen atoms in total. The number of rotatable bonds is 1. The Labute approximate surface area is 110 Å². The minimum Gasteiger partial charge on any atom is -0.354 e. The third kappa shape index (κ3) is 3.52. The summed E-state index contributed by atoms with van der Waals surface area (Å²) >= 11 is 3.38. The smallest absolute Gasteiger partial charge is 0.130 e. The predicted octanol–water partition coefficient (Wildman–Crippen LogP) is 1.44. The third-order valence-electron chi connectivity index (χ3n) is 2.27. The summed E-state index contributed by atoms with van der Waals surface area (Å²) in [6.07, 6.45) is 0. The first kappa shape index (κ1) is 15.0. The highest BCUT2D eigenvalue weighted by molar-refractivity contribution is 9.10. The van der Waals surface area contributed by atoms with E-state index >= 15 is 0 Å². The van der Waals surface area contributed by atoms with E-state index in [1.807, 2.05) is 11.7 Å². The first-order chi connectivity index (χ1) is 6.27. The van der Waals surface area contributed by atoms with Gasteiger partial charge in [-0.3, -0.25) is 4.68 Å². The number of halogens is 3. The second-order valence-electron chi connectivity index (χ2n) is 3.19. The maximum atomic E-state index is 4.26. The monoisotopic (exact) mass is 316 g/mol. The van der Waals surface area contributed by atoms with E-state index in [1.54, 1.807) is 0 Å². The molecule has 0 aromatic carbocycles. The van der Waals surface area contributed by atoms with Gasteiger partial charge in [-0.1, -0.05) is 0 Å². The van der Waals surface area contributed by atoms with Gasteiger partial charge in [0, 0.05) is 39.3 Å². The maximum Gasteiger partial charge on any atom is 0.130 e. The lowest BCUT2D eigenvalue weighted by Crippen LogP contribution is -2.44. The van der Waals surface area contributed by atoms with Gasteiger partial charge in [-0.05, 0) is 15.9 Å². The summed E-state index contributed by atoms with van der Waals surface area (Å²) in [6, 6.07) is 2.06. The van der Waals surface area contributed by atoms with Gasteiger partial charge in [0.1, 0.15) is 10.4 Å². The van der Waals surface area contributed by atoms with E-state index in [0.29, 0.717) is 0 Å². The molecular formula is C8H15BrCl2N4. The molecule has 1 saturated heterocycles. The molecule has 2 rings (SSSR count). The Kier molecular flexibility index (Phi) is 6.59. The molecule has 1 fully saturated rings. The molecule has 15 heavy (non-hydrogen) atoms. The molecule has 1 aliphatic heterocycles. The molecule has 0 aliphatic carbocycles. The van der Waals surface area contributed by atoms with Crippen molar-refractivity contribution in [1.82, 2.24) is 15.1 Å². The van der Waals surface area contributed by atoms with Gasteiger partial charge >= 0.3 is 0 Å². The molecular weight excluding hydrogens is 303 g/mol. The van der Waals surface area contributed by atoms with Crippen LogP contribution in [0.25, 0.3) is 0 Å². The molecule has 1 aromatic rings. The number of hydrogen-bond donors (Lipinski definition) is 1. The summed E-state index contributed by atoms with van der Waals surface area (Å²) in [5, 5.41) is 7.59. The summed E-state index contributed by atoms with van der Waals surface area (Å²) in [5.74, 6) is 1.19. The quantitative estimate of drug-likeness (QED) is 0.851. The fourth-order valence-electron chi connectivity index (χ4n) is 1.61. The van der Waals surface area contributed by atoms with E-state index < -0.39 is 0 Å². The minimum atomic E-state index is 0. The van der Waals surface area contributed by atoms with Crippen molar-refractivity contribution in [1.29, 1.82) is 0 Å². The molecule has 0 radical (unpaired) electrons. The van der Waals surface area contributed by atoms with Crippen LogP contribution in [0.3, 0.4) is 0 Å². The Morgan fingerprint density at radius 3 is 2.40 bits per heavy atom. The highest BCUT2D eigenvalue weighted by Gasteiger charge is 2.14. The second-order valence-corrected chi connectivity index (χ2v) is 4.00. The molecule has 88 valence electrons. The molecule has 0 amide bonds. The maximum absolute atomic E-state index is 4.26. The van der Waals surface area contributed by atoms with Gasteiger partial charge in [0.15, 0.2) is 0 Å². The van der Waals surface area contributed by atoms with E-state index in [4.69, 9.17) is 0 Å². The molecule has 1 N–H and O–H groups in total. The fraction of sp³-hybridized carbons (Fsp3) is 0.625. The van der Waals surface area contributed by atoms with E-state index in [2.05, 4.69) is 37.3 Å². The van der Waals surface area contributed by atoms with Gasteiger partial charge in [-0.15, -0.1) is 24.8 Å². The highest BCUT2D eigenvalue weighted by Crippen LogP contribution is 2.18. The Morgan fingerprint density at radius 2 is 1.93 bits per heavy atom. The average molecular weight is 318 g/mol. The van der Waals surface area contributed by atoms with Crippen LogP contribution >= 0.6 is 40.7 Å². The van der Waals surface area contributed by atoms with E-state index in [1.165, 1.54) is 5.82 Å². The van der Waals surface area contributed by atoms with E-state index in [-0.39, 0.29) is 24.8 Å². The number of nitrogens with zero attached hydrogens (tertiary/aromatic N) is 3. The number of piperazine rings is 1. The molecule has 0 saturated carbocycles. The number of nitrogens with one attached hydrogen (secondary N) is 1. The third-order valence-corrected chi connectivity index (χ3v) is 2.65. The Balaban J connectivity index is 0.000000980. The van der Waals surface area contributed by atoms with Gasteiger partial charge in [0.25, 0.3) is 0 Å². The van der Waals surface area contributed by atoms with Crippen molar-refractivity contribution >= 4 is 46.6 Å². The summed E-state index contributed by atoms with van der Waals surface area (Å²) in [6.45, 7) is 4.24. The summed E-state index contributed by atoms with van der Waals surface area (Å²) in [7, 11) is 1.97. The van der Waals surface area contributed by atoms with Crippen LogP contribution in [0.2, 0.25) is 0 Å². The summed E-state index contributed by atoms with van der Waals surface area (Å²) < 4.78 is 2.82. The zero-order valence-corrected chi connectivity index (χ0v) is 11.7. The molecule has 1 aliphatic rings. The largest absolute Gasteiger partial charge is 0.354 e. The van der Waals surface area contributed by atoms with Crippen LogP contribution in [0.5, 0.6) is 0 Å². The number of aromatic nitrogens is 2. The molecule has 0 bridgehead atoms. The minimum absolute atomic E-state index is 0. The molecule has 0 atom stereocenters. The lowest BCUT2D eigenvalue weighted by molar-refractivity contribution is 0.572. The number of anilines is 1. The standard InChI is InChI=1S/C8H13BrN4.2ClH/c1-12-8(6-7(9)11-12)13-4-2-10-3-5-13;;/h6,10H,2-5H2,1H3;2*1H. The van der Waals surface area contributed by atoms with Crippen molar-refractivity contribution < 1.29 is 0 Å². The zero-order valence-electron chi connectivity index (χ0n) is 8.44. The first-order valence-corrected chi connectivity index (χ1v) is 5.22. The predicted molar refractivity (Wildman–Crippen MR) is 70.5 cm³/mol. The van der Waals surface area contributed by atoms with E-state index in [0.717, 1.165) is 30.8 Å². The van der Waals surface area contributed by atoms with Crippen LogP contribution in [0.4, 0.5) is 5.82 Å². The molecule has 2 heterocycles. The van der Waals surface area contributed by atoms with Crippen LogP contribution < -0.4 is 10.2 Å². The van der Waals surface area contributed by atoms with Crippen LogP contribution in [-0.2, 0) is 7.05 Å². The zero-order chi connectivity index (χ0) is 9.26. The van der Waals surface area contributed by atoms with Crippen LogP contribution in [-0.4, -0.2) is 36.0 Å². The lowest BCUT2D eigenvalue weighted by atomic mass is 10.3. The van der Waals surface area contributed by atoms with E-state index in [9.17, 15) is 0 Å². The highest BCUT2D eigenvalue weighted by atomic mass is 79.9. The summed E-state index contributed by atoms with van der Waals surface area (Å²) in [4.78, 5) is 2.34. The van der Waals surface area contributed by atoms with Gasteiger partial charge < -0.3 is 10.2 Å². The van der Waals surface area contributed by atoms with Gasteiger partial charge in [0.05, 0.1) is 0 Å². The van der Waals surface area contributed by atoms with Crippen molar-refractivity contribution in [2.24, 2.45) is 7.05 Å². The van der Waals surface area contributed by atoms with Crippen molar-refractivity contribution in [2.75, 3.05) is 31.1 Å². The Morgan fingerprint density at radius 1 is 1.33 bits per heavy atom. The molecule has 0 spiro atoms. The Hall–Kier alpha value is 0.0300. The van der Waals surface area contributed by atoms with Crippen molar-refractivity contribution in [3.8, 4) is 0 Å². The molecule has 1 aromatic heterocycles. The van der Waals surface area contributed by atoms with Crippen molar-refractivity contribution in [3.05, 3.63) is 10.7 Å². The normalized spacial score (nSPS) is 15.5. The second kappa shape index (κ2) is 6.58. The SMILES string of the molecule is Cl.Cl.Cn1nc(Br)cc1N1CCNCC1. The van der Waals surface area contributed by atoms with Crippen LogP contribution in [0, 0.1) is 0 Å². The number of aryl methyl sites for hydroxylation is 1. The lowest BCUT2D eigenvalue weighted by Gasteiger charge is -2.28. The topological polar surface area (TPSA) is 33.1 Å². The molecule has 0 unspecified atom stereocenters. The Bertz CT molecular complexity index is 299. The fourth-order valence-corrected chi connectivity index (χ4v) is 2.06. The van der Waals surface area contributed by atoms with Gasteiger partial charge in [0.2, 0.25) is 0 Å². The van der Waals surface area contributed by atoms with Crippen molar-refractivity contribution in [2.45, 2.75) is 0 Å². The summed E-state index contributed by atoms with van der Waals surface area (Å²) in [5.41, 5.74) is 0. The number of hydrogen-bond acceptors (Lipinski definition) is 3. The average Bonchev–Trinajstić information content (AvgIpc) is 2.47. The van der Waals surface area contributed by atoms with Crippen LogP contribution in [0.1, 0.15) is 0 Å². The van der Waals surface area contributed by atoms with Crippen molar-refractivity contribution in [3.63, 3.8) is 0 Å². The molecule has 7 heteroatoms.